The number of benzene rings is 1. The highest BCUT2D eigenvalue weighted by atomic mass is 79.9. The normalized spacial score (nSPS) is 10.9. The highest BCUT2D eigenvalue weighted by Crippen LogP contribution is 2.35. The highest BCUT2D eigenvalue weighted by Gasteiger charge is 2.15. The van der Waals surface area contributed by atoms with Crippen LogP contribution in [0.15, 0.2) is 41.1 Å². The van der Waals surface area contributed by atoms with Crippen molar-refractivity contribution in [3.8, 4) is 22.9 Å². The molecule has 27 heavy (non-hydrogen) atoms. The van der Waals surface area contributed by atoms with Crippen LogP contribution in [0, 0.1) is 4.77 Å². The maximum absolute atomic E-state index is 5.98. The molecule has 0 radical (unpaired) electrons. The minimum Gasteiger partial charge on any atom is -0.493 e. The number of rotatable bonds is 7. The van der Waals surface area contributed by atoms with E-state index in [1.165, 1.54) is 0 Å². The molecule has 0 aliphatic heterocycles. The average molecular weight is 450 g/mol. The van der Waals surface area contributed by atoms with Gasteiger partial charge in [0.15, 0.2) is 17.3 Å². The third kappa shape index (κ3) is 4.48. The number of hydrogen-bond acceptors (Lipinski definition) is 6. The summed E-state index contributed by atoms with van der Waals surface area (Å²) in [5.41, 5.74) is 5.14. The predicted molar refractivity (Wildman–Crippen MR) is 110 cm³/mol. The van der Waals surface area contributed by atoms with Gasteiger partial charge in [0.2, 0.25) is 4.77 Å². The van der Waals surface area contributed by atoms with Gasteiger partial charge < -0.3 is 14.9 Å². The molecule has 7 nitrogen and oxygen atoms in total. The molecule has 0 bridgehead atoms. The van der Waals surface area contributed by atoms with E-state index in [9.17, 15) is 0 Å². The Bertz CT molecular complexity index is 972. The number of methoxy groups -OCH3 is 1. The van der Waals surface area contributed by atoms with E-state index in [4.69, 9.17) is 21.7 Å². The largest absolute Gasteiger partial charge is 0.493 e. The smallest absolute Gasteiger partial charge is 0.214 e. The first-order chi connectivity index (χ1) is 13.0. The minimum absolute atomic E-state index is 0.0160. The van der Waals surface area contributed by atoms with Gasteiger partial charge in [0.05, 0.1) is 19.8 Å². The third-order valence-electron chi connectivity index (χ3n) is 3.71. The highest BCUT2D eigenvalue weighted by molar-refractivity contribution is 9.10. The fourth-order valence-corrected chi connectivity index (χ4v) is 3.26. The molecule has 3 rings (SSSR count). The van der Waals surface area contributed by atoms with Gasteiger partial charge in [0.1, 0.15) is 0 Å². The maximum Gasteiger partial charge on any atom is 0.214 e. The lowest BCUT2D eigenvalue weighted by molar-refractivity contribution is 0.227. The zero-order valence-electron chi connectivity index (χ0n) is 15.2. The zero-order valence-corrected chi connectivity index (χ0v) is 17.6. The predicted octanol–water partition coefficient (Wildman–Crippen LogP) is 4.30. The van der Waals surface area contributed by atoms with Crippen molar-refractivity contribution in [2.45, 2.75) is 26.5 Å². The van der Waals surface area contributed by atoms with E-state index in [2.05, 4.69) is 36.5 Å². The number of halogens is 1. The first-order valence-corrected chi connectivity index (χ1v) is 9.54. The standard InChI is InChI=1S/C18H20BrN5O2S/c1-11(2)26-16-13(8-14(19)9-15(16)25-3)10-21-24-17(22-23-18(24)27)12-4-6-20-7-5-12/h4-9,11,21H,10H2,1-3H3,(H,23,27). The zero-order chi connectivity index (χ0) is 19.4. The molecule has 0 spiro atoms. The molecule has 0 unspecified atom stereocenters. The monoisotopic (exact) mass is 449 g/mol. The van der Waals surface area contributed by atoms with Crippen LogP contribution in [-0.2, 0) is 6.54 Å². The van der Waals surface area contributed by atoms with Crippen LogP contribution in [0.2, 0.25) is 0 Å². The number of H-pyrrole nitrogens is 1. The lowest BCUT2D eigenvalue weighted by Crippen LogP contribution is -2.17. The number of hydrogen-bond donors (Lipinski definition) is 2. The Morgan fingerprint density at radius 2 is 2.04 bits per heavy atom. The maximum atomic E-state index is 5.98. The molecular formula is C18H20BrN5O2S. The van der Waals surface area contributed by atoms with Crippen molar-refractivity contribution >= 4 is 28.1 Å². The minimum atomic E-state index is 0.0160. The molecule has 0 amide bonds. The van der Waals surface area contributed by atoms with Crippen molar-refractivity contribution < 1.29 is 9.47 Å². The summed E-state index contributed by atoms with van der Waals surface area (Å²) < 4.78 is 14.6. The van der Waals surface area contributed by atoms with Gasteiger partial charge in [0.25, 0.3) is 0 Å². The second-order valence-corrected chi connectivity index (χ2v) is 7.32. The summed E-state index contributed by atoms with van der Waals surface area (Å²) in [6.07, 6.45) is 3.44. The van der Waals surface area contributed by atoms with Crippen molar-refractivity contribution in [1.82, 2.24) is 19.9 Å². The number of ether oxygens (including phenoxy) is 2. The Kier molecular flexibility index (Phi) is 6.12. The summed E-state index contributed by atoms with van der Waals surface area (Å²) in [5, 5.41) is 7.13. The summed E-state index contributed by atoms with van der Waals surface area (Å²) in [4.78, 5) is 4.04. The molecule has 2 aromatic heterocycles. The van der Waals surface area contributed by atoms with Crippen molar-refractivity contribution in [3.05, 3.63) is 51.5 Å². The first kappa shape index (κ1) is 19.4. The lowest BCUT2D eigenvalue weighted by Gasteiger charge is -2.19. The Morgan fingerprint density at radius 3 is 2.70 bits per heavy atom. The Balaban J connectivity index is 1.93. The van der Waals surface area contributed by atoms with Crippen LogP contribution in [0.1, 0.15) is 19.4 Å². The van der Waals surface area contributed by atoms with E-state index in [0.29, 0.717) is 28.6 Å². The molecular weight excluding hydrogens is 430 g/mol. The van der Waals surface area contributed by atoms with E-state index in [1.807, 2.05) is 38.1 Å². The molecule has 1 aromatic carbocycles. The van der Waals surface area contributed by atoms with E-state index >= 15 is 0 Å². The van der Waals surface area contributed by atoms with Gasteiger partial charge in [-0.1, -0.05) is 15.9 Å². The first-order valence-electron chi connectivity index (χ1n) is 8.34. The van der Waals surface area contributed by atoms with Gasteiger partial charge in [-0.25, -0.2) is 9.77 Å². The van der Waals surface area contributed by atoms with Crippen LogP contribution in [0.5, 0.6) is 11.5 Å². The van der Waals surface area contributed by atoms with Gasteiger partial charge in [-0.2, -0.15) is 5.10 Å². The average Bonchev–Trinajstić information content (AvgIpc) is 3.02. The van der Waals surface area contributed by atoms with E-state index < -0.39 is 0 Å². The third-order valence-corrected chi connectivity index (χ3v) is 4.44. The molecule has 0 saturated carbocycles. The number of aromatic nitrogens is 4. The van der Waals surface area contributed by atoms with Gasteiger partial charge in [0, 0.05) is 28.0 Å². The quantitative estimate of drug-likeness (QED) is 0.523. The van der Waals surface area contributed by atoms with Gasteiger partial charge >= 0.3 is 0 Å². The molecule has 0 aliphatic carbocycles. The van der Waals surface area contributed by atoms with Gasteiger partial charge in [-0.15, -0.1) is 0 Å². The summed E-state index contributed by atoms with van der Waals surface area (Å²) in [5.74, 6) is 2.04. The number of aromatic amines is 1. The topological polar surface area (TPSA) is 77.0 Å². The van der Waals surface area contributed by atoms with E-state index in [0.717, 1.165) is 15.6 Å². The van der Waals surface area contributed by atoms with Crippen LogP contribution in [0.25, 0.3) is 11.4 Å². The van der Waals surface area contributed by atoms with Gasteiger partial charge in [-0.3, -0.25) is 4.98 Å². The summed E-state index contributed by atoms with van der Waals surface area (Å²) in [7, 11) is 1.62. The molecule has 0 aliphatic rings. The van der Waals surface area contributed by atoms with Crippen molar-refractivity contribution in [2.24, 2.45) is 0 Å². The summed E-state index contributed by atoms with van der Waals surface area (Å²) >= 11 is 8.89. The van der Waals surface area contributed by atoms with Crippen LogP contribution < -0.4 is 14.9 Å². The molecule has 3 aromatic rings. The van der Waals surface area contributed by atoms with Crippen LogP contribution >= 0.6 is 28.1 Å². The molecule has 0 fully saturated rings. The molecule has 142 valence electrons. The van der Waals surface area contributed by atoms with E-state index in [1.54, 1.807) is 24.2 Å². The number of nitrogens with zero attached hydrogens (tertiary/aromatic N) is 3. The van der Waals surface area contributed by atoms with Crippen LogP contribution in [0.3, 0.4) is 0 Å². The summed E-state index contributed by atoms with van der Waals surface area (Å²) in [6, 6.07) is 7.62. The second kappa shape index (κ2) is 8.53. The molecule has 0 saturated heterocycles. The van der Waals surface area contributed by atoms with Gasteiger partial charge in [-0.05, 0) is 50.3 Å². The summed E-state index contributed by atoms with van der Waals surface area (Å²) in [6.45, 7) is 4.42. The Morgan fingerprint density at radius 1 is 1.30 bits per heavy atom. The fourth-order valence-electron chi connectivity index (χ4n) is 2.58. The van der Waals surface area contributed by atoms with Crippen molar-refractivity contribution in [2.75, 3.05) is 12.5 Å². The molecule has 9 heteroatoms. The molecule has 2 heterocycles. The van der Waals surface area contributed by atoms with Crippen LogP contribution in [-0.4, -0.2) is 33.1 Å². The number of nitrogens with one attached hydrogen (secondary N) is 2. The van der Waals surface area contributed by atoms with E-state index in [-0.39, 0.29) is 6.10 Å². The van der Waals surface area contributed by atoms with Crippen molar-refractivity contribution in [3.63, 3.8) is 0 Å². The number of pyridine rings is 1. The Labute approximate surface area is 170 Å². The molecule has 2 N–H and O–H groups in total. The van der Waals surface area contributed by atoms with Crippen LogP contribution in [0.4, 0.5) is 0 Å². The van der Waals surface area contributed by atoms with Crippen molar-refractivity contribution in [1.29, 1.82) is 0 Å². The fraction of sp³-hybridized carbons (Fsp3) is 0.278. The second-order valence-electron chi connectivity index (χ2n) is 6.02. The molecule has 0 atom stereocenters. The SMILES string of the molecule is COc1cc(Br)cc(CNn2c(-c3ccncc3)n[nH]c2=S)c1OC(C)C. The lowest BCUT2D eigenvalue weighted by atomic mass is 10.2. The Hall–Kier alpha value is -2.39.